The predicted molar refractivity (Wildman–Crippen MR) is 55.6 cm³/mol. The summed E-state index contributed by atoms with van der Waals surface area (Å²) >= 11 is 0. The fraction of sp³-hybridized carbons (Fsp3) is 1.00. The second-order valence-electron chi connectivity index (χ2n) is 5.71. The largest absolute Gasteiger partial charge is 0.372 e. The van der Waals surface area contributed by atoms with Crippen molar-refractivity contribution in [2.45, 2.75) is 52.7 Å². The molecule has 2 heteroatoms. The minimum absolute atomic E-state index is 0.0263. The van der Waals surface area contributed by atoms with Gasteiger partial charge in [-0.1, -0.05) is 13.8 Å². The summed E-state index contributed by atoms with van der Waals surface area (Å²) in [5.74, 6) is 0.639. The maximum atomic E-state index is 5.97. The van der Waals surface area contributed by atoms with Crippen LogP contribution in [-0.4, -0.2) is 18.2 Å². The minimum Gasteiger partial charge on any atom is -0.372 e. The monoisotopic (exact) mass is 185 g/mol. The van der Waals surface area contributed by atoms with Gasteiger partial charge in [-0.15, -0.1) is 0 Å². The molecule has 78 valence electrons. The Bertz CT molecular complexity index is 181. The molecule has 0 aromatic rings. The van der Waals surface area contributed by atoms with Crippen LogP contribution >= 0.6 is 0 Å². The molecule has 0 aromatic heterocycles. The molecule has 13 heavy (non-hydrogen) atoms. The quantitative estimate of drug-likeness (QED) is 0.715. The molecule has 0 bridgehead atoms. The molecule has 1 rings (SSSR count). The van der Waals surface area contributed by atoms with Crippen molar-refractivity contribution >= 4 is 0 Å². The maximum Gasteiger partial charge on any atom is 0.0639 e. The molecule has 1 aliphatic carbocycles. The molecule has 0 aromatic carbocycles. The van der Waals surface area contributed by atoms with Crippen LogP contribution in [0.4, 0.5) is 0 Å². The van der Waals surface area contributed by atoms with Crippen molar-refractivity contribution in [3.05, 3.63) is 0 Å². The highest BCUT2D eigenvalue weighted by molar-refractivity contribution is 4.99. The zero-order valence-corrected chi connectivity index (χ0v) is 9.55. The van der Waals surface area contributed by atoms with Gasteiger partial charge in [0.1, 0.15) is 0 Å². The van der Waals surface area contributed by atoms with Crippen LogP contribution in [0.5, 0.6) is 0 Å². The van der Waals surface area contributed by atoms with E-state index in [1.54, 1.807) is 0 Å². The molecule has 0 aliphatic heterocycles. The number of rotatable bonds is 2. The summed E-state index contributed by atoms with van der Waals surface area (Å²) in [6, 6.07) is 0. The molecule has 0 spiro atoms. The summed E-state index contributed by atoms with van der Waals surface area (Å²) in [7, 11) is 0. The first-order valence-electron chi connectivity index (χ1n) is 5.15. The molecule has 0 unspecified atom stereocenters. The van der Waals surface area contributed by atoms with E-state index in [9.17, 15) is 0 Å². The van der Waals surface area contributed by atoms with Crippen LogP contribution in [0.1, 0.15) is 41.0 Å². The van der Waals surface area contributed by atoms with Gasteiger partial charge in [0.15, 0.2) is 0 Å². The van der Waals surface area contributed by atoms with Crippen LogP contribution in [0.15, 0.2) is 0 Å². The van der Waals surface area contributed by atoms with E-state index < -0.39 is 0 Å². The lowest BCUT2D eigenvalue weighted by molar-refractivity contribution is -0.186. The van der Waals surface area contributed by atoms with Crippen LogP contribution in [0.2, 0.25) is 0 Å². The zero-order chi connectivity index (χ0) is 10.3. The Hall–Kier alpha value is -0.0800. The number of nitrogens with two attached hydrogens (primary N) is 1. The van der Waals surface area contributed by atoms with Gasteiger partial charge in [-0.05, 0) is 45.1 Å². The van der Waals surface area contributed by atoms with Crippen molar-refractivity contribution in [1.29, 1.82) is 0 Å². The van der Waals surface area contributed by atoms with Crippen LogP contribution in [0.3, 0.4) is 0 Å². The number of hydrogen-bond acceptors (Lipinski definition) is 2. The van der Waals surface area contributed by atoms with Crippen LogP contribution < -0.4 is 5.73 Å². The molecule has 0 amide bonds. The third kappa shape index (κ3) is 2.23. The first kappa shape index (κ1) is 11.0. The molecular weight excluding hydrogens is 162 g/mol. The van der Waals surface area contributed by atoms with Crippen molar-refractivity contribution in [2.24, 2.45) is 17.1 Å². The van der Waals surface area contributed by atoms with E-state index >= 15 is 0 Å². The van der Waals surface area contributed by atoms with Gasteiger partial charge in [0.2, 0.25) is 0 Å². The molecule has 2 atom stereocenters. The second-order valence-corrected chi connectivity index (χ2v) is 5.71. The lowest BCUT2D eigenvalue weighted by Gasteiger charge is -2.53. The van der Waals surface area contributed by atoms with E-state index in [-0.39, 0.29) is 11.0 Å². The van der Waals surface area contributed by atoms with Gasteiger partial charge in [0.25, 0.3) is 0 Å². The average molecular weight is 185 g/mol. The van der Waals surface area contributed by atoms with Gasteiger partial charge >= 0.3 is 0 Å². The average Bonchev–Trinajstić information content (AvgIpc) is 1.95. The second kappa shape index (κ2) is 3.25. The van der Waals surface area contributed by atoms with Crippen molar-refractivity contribution in [1.82, 2.24) is 0 Å². The third-order valence-electron chi connectivity index (χ3n) is 3.16. The fourth-order valence-corrected chi connectivity index (χ4v) is 2.00. The number of ether oxygens (including phenoxy) is 1. The standard InChI is InChI=1S/C11H23NO/c1-10(2,3)13-9-6-8(7-12)11(9,4)5/h8-9H,6-7,12H2,1-5H3/t8-,9-/m1/s1. The van der Waals surface area contributed by atoms with E-state index in [0.717, 1.165) is 13.0 Å². The summed E-state index contributed by atoms with van der Waals surface area (Å²) in [5.41, 5.74) is 5.92. The van der Waals surface area contributed by atoms with Gasteiger partial charge in [-0.25, -0.2) is 0 Å². The molecule has 1 fully saturated rings. The van der Waals surface area contributed by atoms with Gasteiger partial charge in [-0.3, -0.25) is 0 Å². The Kier molecular flexibility index (Phi) is 2.75. The number of hydrogen-bond donors (Lipinski definition) is 1. The van der Waals surface area contributed by atoms with Gasteiger partial charge in [-0.2, -0.15) is 0 Å². The molecule has 0 saturated heterocycles. The predicted octanol–water partition coefficient (Wildman–Crippen LogP) is 2.17. The summed E-state index contributed by atoms with van der Waals surface area (Å²) in [4.78, 5) is 0. The Balaban J connectivity index is 2.49. The molecule has 0 heterocycles. The summed E-state index contributed by atoms with van der Waals surface area (Å²) < 4.78 is 5.97. The molecule has 1 aliphatic rings. The highest BCUT2D eigenvalue weighted by atomic mass is 16.5. The lowest BCUT2D eigenvalue weighted by Crippen LogP contribution is -2.55. The van der Waals surface area contributed by atoms with Crippen molar-refractivity contribution < 1.29 is 4.74 Å². The van der Waals surface area contributed by atoms with Crippen molar-refractivity contribution in [3.63, 3.8) is 0 Å². The van der Waals surface area contributed by atoms with Crippen molar-refractivity contribution in [3.8, 4) is 0 Å². The van der Waals surface area contributed by atoms with E-state index in [4.69, 9.17) is 10.5 Å². The van der Waals surface area contributed by atoms with Crippen LogP contribution in [-0.2, 0) is 4.74 Å². The van der Waals surface area contributed by atoms with Crippen LogP contribution in [0.25, 0.3) is 0 Å². The summed E-state index contributed by atoms with van der Waals surface area (Å²) in [5, 5.41) is 0. The summed E-state index contributed by atoms with van der Waals surface area (Å²) in [6.07, 6.45) is 1.52. The highest BCUT2D eigenvalue weighted by Gasteiger charge is 2.49. The van der Waals surface area contributed by atoms with Gasteiger partial charge in [0, 0.05) is 0 Å². The van der Waals surface area contributed by atoms with E-state index in [2.05, 4.69) is 34.6 Å². The third-order valence-corrected chi connectivity index (χ3v) is 3.16. The lowest BCUT2D eigenvalue weighted by atomic mass is 9.60. The first-order chi connectivity index (χ1) is 5.77. The van der Waals surface area contributed by atoms with Crippen LogP contribution in [0, 0.1) is 11.3 Å². The van der Waals surface area contributed by atoms with E-state index in [1.165, 1.54) is 0 Å². The molecule has 2 nitrogen and oxygen atoms in total. The molecular formula is C11H23NO. The Morgan fingerprint density at radius 1 is 1.38 bits per heavy atom. The topological polar surface area (TPSA) is 35.2 Å². The highest BCUT2D eigenvalue weighted by Crippen LogP contribution is 2.48. The minimum atomic E-state index is -0.0263. The molecule has 1 saturated carbocycles. The van der Waals surface area contributed by atoms with Gasteiger partial charge < -0.3 is 10.5 Å². The fourth-order valence-electron chi connectivity index (χ4n) is 2.00. The van der Waals surface area contributed by atoms with E-state index in [1.807, 2.05) is 0 Å². The SMILES string of the molecule is CC(C)(C)O[C@@H]1C[C@H](CN)C1(C)C. The Labute approximate surface area is 81.8 Å². The Morgan fingerprint density at radius 3 is 2.23 bits per heavy atom. The maximum absolute atomic E-state index is 5.97. The first-order valence-corrected chi connectivity index (χ1v) is 5.15. The summed E-state index contributed by atoms with van der Waals surface area (Å²) in [6.45, 7) is 11.6. The molecule has 2 N–H and O–H groups in total. The zero-order valence-electron chi connectivity index (χ0n) is 9.55. The smallest absolute Gasteiger partial charge is 0.0639 e. The van der Waals surface area contributed by atoms with E-state index in [0.29, 0.717) is 12.0 Å². The Morgan fingerprint density at radius 2 is 1.92 bits per heavy atom. The molecule has 0 radical (unpaired) electrons. The van der Waals surface area contributed by atoms with Crippen molar-refractivity contribution in [2.75, 3.05) is 6.54 Å². The normalized spacial score (nSPS) is 32.8. The van der Waals surface area contributed by atoms with Gasteiger partial charge in [0.05, 0.1) is 11.7 Å².